The van der Waals surface area contributed by atoms with Gasteiger partial charge in [-0.25, -0.2) is 0 Å². The summed E-state index contributed by atoms with van der Waals surface area (Å²) in [5, 5.41) is 0. The van der Waals surface area contributed by atoms with Crippen LogP contribution in [0.4, 0.5) is 0 Å². The summed E-state index contributed by atoms with van der Waals surface area (Å²) in [6.07, 6.45) is 11.2. The fourth-order valence-corrected chi connectivity index (χ4v) is 5.69. The van der Waals surface area contributed by atoms with Gasteiger partial charge in [0.15, 0.2) is 0 Å². The lowest BCUT2D eigenvalue weighted by Gasteiger charge is -2.57. The number of rotatable bonds is 6. The van der Waals surface area contributed by atoms with E-state index < -0.39 is 0 Å². The minimum absolute atomic E-state index is 0.328. The van der Waals surface area contributed by atoms with Crippen LogP contribution in [0.3, 0.4) is 0 Å². The topological polar surface area (TPSA) is 46.3 Å². The van der Waals surface area contributed by atoms with E-state index in [2.05, 4.69) is 0 Å². The zero-order chi connectivity index (χ0) is 14.2. The zero-order valence-corrected chi connectivity index (χ0v) is 12.9. The van der Waals surface area contributed by atoms with Crippen molar-refractivity contribution >= 4 is 5.91 Å². The van der Waals surface area contributed by atoms with Gasteiger partial charge >= 0.3 is 0 Å². The van der Waals surface area contributed by atoms with Gasteiger partial charge in [-0.2, -0.15) is 0 Å². The van der Waals surface area contributed by atoms with Gasteiger partial charge < -0.3 is 10.6 Å². The number of unbranched alkanes of at least 4 members (excludes halogenated alkanes) is 1. The van der Waals surface area contributed by atoms with E-state index in [-0.39, 0.29) is 0 Å². The van der Waals surface area contributed by atoms with Crippen LogP contribution in [0, 0.1) is 23.2 Å². The molecule has 4 saturated carbocycles. The minimum Gasteiger partial charge on any atom is -0.345 e. The molecular formula is C17H30N2O. The summed E-state index contributed by atoms with van der Waals surface area (Å²) in [5.74, 6) is 3.25. The van der Waals surface area contributed by atoms with Crippen molar-refractivity contribution in [3.63, 3.8) is 0 Å². The molecule has 0 aromatic carbocycles. The summed E-state index contributed by atoms with van der Waals surface area (Å²) in [6.45, 7) is 1.71. The van der Waals surface area contributed by atoms with Gasteiger partial charge in [-0.3, -0.25) is 4.79 Å². The normalized spacial score (nSPS) is 38.2. The van der Waals surface area contributed by atoms with Crippen molar-refractivity contribution in [1.82, 2.24) is 4.90 Å². The Bertz CT molecular complexity index is 331. The van der Waals surface area contributed by atoms with Gasteiger partial charge in [-0.15, -0.1) is 0 Å². The maximum absolute atomic E-state index is 12.2. The smallest absolute Gasteiger partial charge is 0.222 e. The number of carbonyl (C=O) groups excluding carboxylic acids is 1. The Balaban J connectivity index is 1.55. The van der Waals surface area contributed by atoms with E-state index in [1.54, 1.807) is 0 Å². The van der Waals surface area contributed by atoms with Crippen LogP contribution in [-0.2, 0) is 4.79 Å². The standard InChI is InChI=1S/C17H30N2O/c1-19(16(20)4-2-3-5-18)12-17-9-13-6-14(10-17)8-15(7-13)11-17/h13-15H,2-12,18H2,1H3. The van der Waals surface area contributed by atoms with Crippen molar-refractivity contribution < 1.29 is 4.79 Å². The van der Waals surface area contributed by atoms with Gasteiger partial charge in [0.2, 0.25) is 5.91 Å². The molecule has 0 aromatic rings. The third kappa shape index (κ3) is 2.88. The van der Waals surface area contributed by atoms with Crippen LogP contribution in [-0.4, -0.2) is 30.9 Å². The molecule has 0 atom stereocenters. The maximum atomic E-state index is 12.2. The molecule has 4 fully saturated rings. The van der Waals surface area contributed by atoms with Crippen molar-refractivity contribution in [1.29, 1.82) is 0 Å². The summed E-state index contributed by atoms with van der Waals surface area (Å²) >= 11 is 0. The molecule has 2 N–H and O–H groups in total. The maximum Gasteiger partial charge on any atom is 0.222 e. The Morgan fingerprint density at radius 2 is 1.65 bits per heavy atom. The van der Waals surface area contributed by atoms with E-state index in [9.17, 15) is 4.79 Å². The van der Waals surface area contributed by atoms with E-state index >= 15 is 0 Å². The van der Waals surface area contributed by atoms with Crippen molar-refractivity contribution in [2.75, 3.05) is 20.1 Å². The molecular weight excluding hydrogens is 248 g/mol. The molecule has 0 heterocycles. The monoisotopic (exact) mass is 278 g/mol. The second-order valence-corrected chi connectivity index (χ2v) is 7.91. The first-order valence-corrected chi connectivity index (χ1v) is 8.54. The minimum atomic E-state index is 0.328. The molecule has 0 unspecified atom stereocenters. The number of hydrogen-bond donors (Lipinski definition) is 1. The zero-order valence-electron chi connectivity index (χ0n) is 12.9. The molecule has 4 aliphatic rings. The molecule has 4 aliphatic carbocycles. The predicted molar refractivity (Wildman–Crippen MR) is 81.1 cm³/mol. The summed E-state index contributed by atoms with van der Waals surface area (Å²) < 4.78 is 0. The van der Waals surface area contributed by atoms with Crippen LogP contribution in [0.15, 0.2) is 0 Å². The van der Waals surface area contributed by atoms with Crippen molar-refractivity contribution in [3.8, 4) is 0 Å². The molecule has 3 nitrogen and oxygen atoms in total. The van der Waals surface area contributed by atoms with Crippen molar-refractivity contribution in [3.05, 3.63) is 0 Å². The summed E-state index contributed by atoms with van der Waals surface area (Å²) in [7, 11) is 2.02. The number of nitrogens with two attached hydrogens (primary N) is 1. The van der Waals surface area contributed by atoms with Crippen molar-refractivity contribution in [2.24, 2.45) is 28.9 Å². The molecule has 114 valence electrons. The third-order valence-corrected chi connectivity index (χ3v) is 6.01. The summed E-state index contributed by atoms with van der Waals surface area (Å²) in [4.78, 5) is 14.3. The average Bonchev–Trinajstić information content (AvgIpc) is 2.36. The first kappa shape index (κ1) is 14.4. The molecule has 4 rings (SSSR count). The molecule has 0 aliphatic heterocycles. The highest BCUT2D eigenvalue weighted by Crippen LogP contribution is 2.60. The number of amides is 1. The van der Waals surface area contributed by atoms with Gasteiger partial charge in [0.25, 0.3) is 0 Å². The Labute approximate surface area is 123 Å². The SMILES string of the molecule is CN(CC12CC3CC(CC(C3)C1)C2)C(=O)CCCCN. The quantitative estimate of drug-likeness (QED) is 0.759. The van der Waals surface area contributed by atoms with E-state index in [1.807, 2.05) is 11.9 Å². The fraction of sp³-hybridized carbons (Fsp3) is 0.941. The number of nitrogens with zero attached hydrogens (tertiary/aromatic N) is 1. The first-order chi connectivity index (χ1) is 9.60. The van der Waals surface area contributed by atoms with Gasteiger partial charge in [-0.1, -0.05) is 0 Å². The molecule has 0 saturated heterocycles. The average molecular weight is 278 g/mol. The Morgan fingerprint density at radius 3 is 2.15 bits per heavy atom. The van der Waals surface area contributed by atoms with E-state index in [0.29, 0.717) is 24.3 Å². The predicted octanol–water partition coefficient (Wildman–Crippen LogP) is 2.79. The summed E-state index contributed by atoms with van der Waals surface area (Å²) in [6, 6.07) is 0. The van der Waals surface area contributed by atoms with Crippen LogP contribution in [0.2, 0.25) is 0 Å². The Hall–Kier alpha value is -0.570. The molecule has 0 radical (unpaired) electrons. The molecule has 20 heavy (non-hydrogen) atoms. The van der Waals surface area contributed by atoms with Gasteiger partial charge in [0.05, 0.1) is 0 Å². The number of carbonyl (C=O) groups is 1. The van der Waals surface area contributed by atoms with Crippen LogP contribution in [0.1, 0.15) is 57.8 Å². The second kappa shape index (κ2) is 5.67. The second-order valence-electron chi connectivity index (χ2n) is 7.91. The molecule has 1 amide bonds. The van der Waals surface area contributed by atoms with E-state index in [1.165, 1.54) is 38.5 Å². The van der Waals surface area contributed by atoms with Gasteiger partial charge in [-0.05, 0) is 81.1 Å². The van der Waals surface area contributed by atoms with Crippen LogP contribution < -0.4 is 5.73 Å². The third-order valence-electron chi connectivity index (χ3n) is 6.01. The fourth-order valence-electron chi connectivity index (χ4n) is 5.69. The van der Waals surface area contributed by atoms with Crippen LogP contribution >= 0.6 is 0 Å². The highest BCUT2D eigenvalue weighted by Gasteiger charge is 2.51. The lowest BCUT2D eigenvalue weighted by Crippen LogP contribution is -2.51. The van der Waals surface area contributed by atoms with Crippen molar-refractivity contribution in [2.45, 2.75) is 57.8 Å². The van der Waals surface area contributed by atoms with Gasteiger partial charge in [0, 0.05) is 20.0 Å². The molecule has 0 aromatic heterocycles. The van der Waals surface area contributed by atoms with Crippen LogP contribution in [0.25, 0.3) is 0 Å². The molecule has 4 bridgehead atoms. The Morgan fingerprint density at radius 1 is 1.10 bits per heavy atom. The first-order valence-electron chi connectivity index (χ1n) is 8.54. The Kier molecular flexibility index (Phi) is 4.07. The molecule has 0 spiro atoms. The van der Waals surface area contributed by atoms with E-state index in [4.69, 9.17) is 5.73 Å². The highest BCUT2D eigenvalue weighted by molar-refractivity contribution is 5.75. The van der Waals surface area contributed by atoms with Gasteiger partial charge in [0.1, 0.15) is 0 Å². The summed E-state index contributed by atoms with van der Waals surface area (Å²) in [5.41, 5.74) is 5.98. The lowest BCUT2D eigenvalue weighted by atomic mass is 9.49. The number of hydrogen-bond acceptors (Lipinski definition) is 2. The largest absolute Gasteiger partial charge is 0.345 e. The lowest BCUT2D eigenvalue weighted by molar-refractivity contribution is -0.135. The van der Waals surface area contributed by atoms with Crippen LogP contribution in [0.5, 0.6) is 0 Å². The van der Waals surface area contributed by atoms with E-state index in [0.717, 1.165) is 37.1 Å². The highest BCUT2D eigenvalue weighted by atomic mass is 16.2. The molecule has 3 heteroatoms.